The normalized spacial score (nSPS) is 23.7. The van der Waals surface area contributed by atoms with E-state index >= 15 is 0 Å². The summed E-state index contributed by atoms with van der Waals surface area (Å²) in [7, 11) is -4.13. The van der Waals surface area contributed by atoms with E-state index in [1.807, 2.05) is 4.98 Å². The molecular weight excluding hydrogens is 282 g/mol. The summed E-state index contributed by atoms with van der Waals surface area (Å²) in [5.41, 5.74) is -1.54. The van der Waals surface area contributed by atoms with Gasteiger partial charge in [0.2, 0.25) is 10.0 Å². The molecule has 0 amide bonds. The minimum absolute atomic E-state index is 0.0809. The molecule has 0 aliphatic heterocycles. The van der Waals surface area contributed by atoms with Crippen LogP contribution >= 0.6 is 0 Å². The molecule has 1 fully saturated rings. The third kappa shape index (κ3) is 3.01. The number of rotatable bonds is 3. The Bertz CT molecular complexity index is 696. The number of primary sulfonamides is 1. The molecule has 112 valence electrons. The number of hydrogen-bond acceptors (Lipinski definition) is 4. The lowest BCUT2D eigenvalue weighted by Crippen LogP contribution is -2.37. The van der Waals surface area contributed by atoms with Gasteiger partial charge in [-0.1, -0.05) is 13.3 Å². The zero-order valence-corrected chi connectivity index (χ0v) is 12.1. The number of H-pyrrole nitrogens is 1. The first-order valence-electron chi connectivity index (χ1n) is 6.71. The van der Waals surface area contributed by atoms with Crippen LogP contribution < -0.4 is 16.4 Å². The average Bonchev–Trinajstić information content (AvgIpc) is 2.37. The highest BCUT2D eigenvalue weighted by molar-refractivity contribution is 7.89. The number of aromatic nitrogens is 2. The molecule has 7 nitrogen and oxygen atoms in total. The number of nitrogens with one attached hydrogen (secondary N) is 1. The minimum Gasteiger partial charge on any atom is -0.296 e. The summed E-state index contributed by atoms with van der Waals surface area (Å²) in [4.78, 5) is 24.8. The van der Waals surface area contributed by atoms with Gasteiger partial charge in [0.05, 0.1) is 0 Å². The fourth-order valence-corrected chi connectivity index (χ4v) is 3.34. The zero-order chi connectivity index (χ0) is 14.9. The van der Waals surface area contributed by atoms with E-state index in [1.54, 1.807) is 0 Å². The first-order valence-corrected chi connectivity index (χ1v) is 8.25. The summed E-state index contributed by atoms with van der Waals surface area (Å²) in [6.07, 6.45) is 5.78. The van der Waals surface area contributed by atoms with Crippen molar-refractivity contribution in [3.8, 4) is 0 Å². The van der Waals surface area contributed by atoms with Crippen LogP contribution in [-0.2, 0) is 10.0 Å². The van der Waals surface area contributed by atoms with Crippen molar-refractivity contribution in [1.82, 2.24) is 9.55 Å². The number of nitrogens with two attached hydrogens (primary N) is 1. The highest BCUT2D eigenvalue weighted by Gasteiger charge is 2.24. The zero-order valence-electron chi connectivity index (χ0n) is 11.3. The number of nitrogens with zero attached hydrogens (tertiary/aromatic N) is 1. The van der Waals surface area contributed by atoms with Crippen molar-refractivity contribution in [3.63, 3.8) is 0 Å². The quantitative estimate of drug-likeness (QED) is 0.836. The molecule has 8 heteroatoms. The molecule has 1 aromatic heterocycles. The van der Waals surface area contributed by atoms with Crippen LogP contribution in [0.2, 0.25) is 0 Å². The average molecular weight is 301 g/mol. The number of aromatic amines is 1. The van der Waals surface area contributed by atoms with Gasteiger partial charge in [0, 0.05) is 12.2 Å². The van der Waals surface area contributed by atoms with E-state index in [4.69, 9.17) is 5.14 Å². The fourth-order valence-electron chi connectivity index (χ4n) is 2.77. The SMILES string of the molecule is CCC1CCC(n2cc(S(N)(=O)=O)c(=O)[nH]c2=O)CC1. The van der Waals surface area contributed by atoms with Crippen LogP contribution in [0.15, 0.2) is 20.7 Å². The smallest absolute Gasteiger partial charge is 0.296 e. The summed E-state index contributed by atoms with van der Waals surface area (Å²) in [5, 5.41) is 4.99. The van der Waals surface area contributed by atoms with E-state index in [1.165, 1.54) is 4.57 Å². The molecule has 0 saturated heterocycles. The molecule has 0 radical (unpaired) electrons. The molecule has 0 unspecified atom stereocenters. The van der Waals surface area contributed by atoms with Crippen molar-refractivity contribution in [2.75, 3.05) is 0 Å². The van der Waals surface area contributed by atoms with Crippen LogP contribution in [0.5, 0.6) is 0 Å². The predicted octanol–water partition coefficient (Wildman–Crippen LogP) is 0.325. The summed E-state index contributed by atoms with van der Waals surface area (Å²) in [5.74, 6) is 0.655. The van der Waals surface area contributed by atoms with Crippen molar-refractivity contribution >= 4 is 10.0 Å². The van der Waals surface area contributed by atoms with Crippen LogP contribution in [-0.4, -0.2) is 18.0 Å². The monoisotopic (exact) mass is 301 g/mol. The number of sulfonamides is 1. The Morgan fingerprint density at radius 2 is 1.90 bits per heavy atom. The van der Waals surface area contributed by atoms with Crippen LogP contribution in [0.25, 0.3) is 0 Å². The molecule has 1 heterocycles. The lowest BCUT2D eigenvalue weighted by Gasteiger charge is -2.29. The summed E-state index contributed by atoms with van der Waals surface area (Å²) >= 11 is 0. The van der Waals surface area contributed by atoms with Crippen molar-refractivity contribution < 1.29 is 8.42 Å². The van der Waals surface area contributed by atoms with Gasteiger partial charge < -0.3 is 0 Å². The molecule has 1 saturated carbocycles. The van der Waals surface area contributed by atoms with Crippen molar-refractivity contribution in [1.29, 1.82) is 0 Å². The lowest BCUT2D eigenvalue weighted by atomic mass is 9.84. The van der Waals surface area contributed by atoms with E-state index in [0.29, 0.717) is 5.92 Å². The molecular formula is C12H19N3O4S. The maximum Gasteiger partial charge on any atom is 0.328 e. The standard InChI is InChI=1S/C12H19N3O4S/c1-2-8-3-5-9(6-4-8)15-7-10(20(13,18)19)11(16)14-12(15)17/h7-9H,2-6H2,1H3,(H2,13,18,19)(H,14,16,17). The Balaban J connectivity index is 2.38. The second-order valence-electron chi connectivity index (χ2n) is 5.29. The van der Waals surface area contributed by atoms with Crippen LogP contribution in [0.3, 0.4) is 0 Å². The predicted molar refractivity (Wildman–Crippen MR) is 74.0 cm³/mol. The molecule has 1 aromatic rings. The van der Waals surface area contributed by atoms with Crippen LogP contribution in [0, 0.1) is 5.92 Å². The Hall–Kier alpha value is -1.41. The van der Waals surface area contributed by atoms with Gasteiger partial charge >= 0.3 is 5.69 Å². The van der Waals surface area contributed by atoms with E-state index in [2.05, 4.69) is 6.92 Å². The lowest BCUT2D eigenvalue weighted by molar-refractivity contribution is 0.262. The van der Waals surface area contributed by atoms with Crippen LogP contribution in [0.4, 0.5) is 0 Å². The van der Waals surface area contributed by atoms with Gasteiger partial charge in [-0.3, -0.25) is 14.3 Å². The third-order valence-electron chi connectivity index (χ3n) is 4.03. The van der Waals surface area contributed by atoms with E-state index in [-0.39, 0.29) is 6.04 Å². The van der Waals surface area contributed by atoms with Crippen molar-refractivity contribution in [2.24, 2.45) is 11.1 Å². The van der Waals surface area contributed by atoms with Gasteiger partial charge in [-0.15, -0.1) is 0 Å². The highest BCUT2D eigenvalue weighted by atomic mass is 32.2. The maximum absolute atomic E-state index is 11.8. The van der Waals surface area contributed by atoms with Gasteiger partial charge in [-0.05, 0) is 31.6 Å². The second kappa shape index (κ2) is 5.53. The minimum atomic E-state index is -4.13. The van der Waals surface area contributed by atoms with Gasteiger partial charge in [0.15, 0.2) is 4.90 Å². The highest BCUT2D eigenvalue weighted by Crippen LogP contribution is 2.32. The molecule has 0 atom stereocenters. The second-order valence-corrected chi connectivity index (χ2v) is 6.82. The van der Waals surface area contributed by atoms with Gasteiger partial charge in [0.1, 0.15) is 0 Å². The van der Waals surface area contributed by atoms with Crippen molar-refractivity contribution in [2.45, 2.75) is 50.0 Å². The molecule has 3 N–H and O–H groups in total. The largest absolute Gasteiger partial charge is 0.328 e. The Morgan fingerprint density at radius 3 is 2.40 bits per heavy atom. The summed E-state index contributed by atoms with van der Waals surface area (Å²) in [6.45, 7) is 2.14. The molecule has 0 spiro atoms. The topological polar surface area (TPSA) is 115 Å². The van der Waals surface area contributed by atoms with Gasteiger partial charge in [-0.25, -0.2) is 18.4 Å². The molecule has 1 aliphatic rings. The molecule has 20 heavy (non-hydrogen) atoms. The Kier molecular flexibility index (Phi) is 4.14. The van der Waals surface area contributed by atoms with E-state index in [0.717, 1.165) is 38.3 Å². The van der Waals surface area contributed by atoms with E-state index in [9.17, 15) is 18.0 Å². The molecule has 0 bridgehead atoms. The Morgan fingerprint density at radius 1 is 1.30 bits per heavy atom. The summed E-state index contributed by atoms with van der Waals surface area (Å²) in [6, 6.07) is -0.0809. The number of hydrogen-bond donors (Lipinski definition) is 2. The van der Waals surface area contributed by atoms with Gasteiger partial charge in [0.25, 0.3) is 5.56 Å². The third-order valence-corrected chi connectivity index (χ3v) is 4.93. The Labute approximate surface area is 116 Å². The molecule has 0 aromatic carbocycles. The summed E-state index contributed by atoms with van der Waals surface area (Å²) < 4.78 is 24.0. The first kappa shape index (κ1) is 15.0. The first-order chi connectivity index (χ1) is 9.32. The van der Waals surface area contributed by atoms with E-state index < -0.39 is 26.2 Å². The van der Waals surface area contributed by atoms with Gasteiger partial charge in [-0.2, -0.15) is 0 Å². The molecule has 1 aliphatic carbocycles. The van der Waals surface area contributed by atoms with Crippen molar-refractivity contribution in [3.05, 3.63) is 27.0 Å². The van der Waals surface area contributed by atoms with Crippen LogP contribution in [0.1, 0.15) is 45.1 Å². The maximum atomic E-state index is 11.8. The molecule has 2 rings (SSSR count). The fraction of sp³-hybridized carbons (Fsp3) is 0.667.